The van der Waals surface area contributed by atoms with Crippen molar-refractivity contribution in [1.29, 1.82) is 0 Å². The van der Waals surface area contributed by atoms with Crippen LogP contribution in [0, 0.1) is 0 Å². The van der Waals surface area contributed by atoms with Crippen molar-refractivity contribution in [3.8, 4) is 0 Å². The maximum atomic E-state index is 12.5. The van der Waals surface area contributed by atoms with E-state index in [0.717, 1.165) is 0 Å². The van der Waals surface area contributed by atoms with Crippen molar-refractivity contribution in [1.82, 2.24) is 0 Å². The standard InChI is InChI=1S/C8H4ClF3O2/c9-6-2-1-4(7(13)14)3-5(6)8(10,11)12/h1-3H,(H,13,14)/i1D,2D,3D. The van der Waals surface area contributed by atoms with Crippen LogP contribution in [-0.2, 0) is 6.18 Å². The third-order valence-electron chi connectivity index (χ3n) is 1.26. The van der Waals surface area contributed by atoms with Crippen LogP contribution in [-0.4, -0.2) is 11.1 Å². The Labute approximate surface area is 86.1 Å². The van der Waals surface area contributed by atoms with Gasteiger partial charge in [-0.15, -0.1) is 0 Å². The molecule has 0 aliphatic heterocycles. The first-order chi connectivity index (χ1) is 7.59. The van der Waals surface area contributed by atoms with Crippen LogP contribution in [0.3, 0.4) is 0 Å². The number of halogens is 4. The summed E-state index contributed by atoms with van der Waals surface area (Å²) in [5.41, 5.74) is -2.90. The summed E-state index contributed by atoms with van der Waals surface area (Å²) < 4.78 is 59.0. The van der Waals surface area contributed by atoms with Gasteiger partial charge >= 0.3 is 12.1 Å². The maximum absolute atomic E-state index is 12.5. The van der Waals surface area contributed by atoms with Gasteiger partial charge in [0.2, 0.25) is 0 Å². The van der Waals surface area contributed by atoms with Gasteiger partial charge in [-0.05, 0) is 18.1 Å². The van der Waals surface area contributed by atoms with E-state index in [2.05, 4.69) is 0 Å². The van der Waals surface area contributed by atoms with E-state index in [1.807, 2.05) is 0 Å². The highest BCUT2D eigenvalue weighted by Crippen LogP contribution is 2.34. The Kier molecular flexibility index (Phi) is 1.77. The second-order valence-corrected chi connectivity index (χ2v) is 2.62. The second kappa shape index (κ2) is 3.49. The summed E-state index contributed by atoms with van der Waals surface area (Å²) >= 11 is 5.22. The molecule has 0 saturated heterocycles. The SMILES string of the molecule is [2H]c1c([2H])c(C(=O)O)c([2H])c(C(F)(F)F)c1Cl. The number of rotatable bonds is 1. The van der Waals surface area contributed by atoms with E-state index in [4.69, 9.17) is 20.8 Å². The van der Waals surface area contributed by atoms with Crippen LogP contribution in [0.25, 0.3) is 0 Å². The van der Waals surface area contributed by atoms with Gasteiger partial charge in [0, 0.05) is 0 Å². The predicted molar refractivity (Wildman–Crippen MR) is 43.4 cm³/mol. The molecule has 0 unspecified atom stereocenters. The zero-order chi connectivity index (χ0) is 13.5. The predicted octanol–water partition coefficient (Wildman–Crippen LogP) is 3.06. The second-order valence-electron chi connectivity index (χ2n) is 2.24. The van der Waals surface area contributed by atoms with Crippen LogP contribution in [0.1, 0.15) is 20.0 Å². The Morgan fingerprint density at radius 1 is 1.50 bits per heavy atom. The summed E-state index contributed by atoms with van der Waals surface area (Å²) in [5.74, 6) is -1.88. The molecule has 0 aliphatic rings. The fourth-order valence-corrected chi connectivity index (χ4v) is 0.895. The minimum absolute atomic E-state index is 1.01. The molecule has 0 radical (unpaired) electrons. The van der Waals surface area contributed by atoms with E-state index in [9.17, 15) is 18.0 Å². The molecule has 0 fully saturated rings. The fourth-order valence-electron chi connectivity index (χ4n) is 0.693. The van der Waals surface area contributed by atoms with Gasteiger partial charge in [-0.3, -0.25) is 0 Å². The summed E-state index contributed by atoms with van der Waals surface area (Å²) in [6, 6.07) is -3.48. The van der Waals surface area contributed by atoms with Crippen LogP contribution in [0.15, 0.2) is 18.1 Å². The summed E-state index contributed by atoms with van der Waals surface area (Å²) in [6.07, 6.45) is -5.05. The van der Waals surface area contributed by atoms with Crippen molar-refractivity contribution in [3.63, 3.8) is 0 Å². The van der Waals surface area contributed by atoms with Crippen LogP contribution in [0.5, 0.6) is 0 Å². The van der Waals surface area contributed by atoms with Crippen LogP contribution < -0.4 is 0 Å². The van der Waals surface area contributed by atoms with Crippen molar-refractivity contribution in [3.05, 3.63) is 34.3 Å². The summed E-state index contributed by atoms with van der Waals surface area (Å²) in [6.45, 7) is 0. The van der Waals surface area contributed by atoms with Gasteiger partial charge in [-0.2, -0.15) is 13.2 Å². The molecule has 1 aromatic carbocycles. The number of hydrogen-bond donors (Lipinski definition) is 1. The third kappa shape index (κ3) is 2.17. The average Bonchev–Trinajstić information content (AvgIpc) is 2.11. The van der Waals surface area contributed by atoms with Gasteiger partial charge < -0.3 is 5.11 Å². The van der Waals surface area contributed by atoms with Gasteiger partial charge in [-0.1, -0.05) is 11.6 Å². The van der Waals surface area contributed by atoms with Crippen molar-refractivity contribution in [2.45, 2.75) is 6.18 Å². The number of aromatic carboxylic acids is 1. The molecular weight excluding hydrogens is 221 g/mol. The highest BCUT2D eigenvalue weighted by molar-refractivity contribution is 6.31. The lowest BCUT2D eigenvalue weighted by Gasteiger charge is -2.08. The largest absolute Gasteiger partial charge is 0.478 e. The molecular formula is C8H4ClF3O2. The first-order valence-corrected chi connectivity index (χ1v) is 3.56. The Balaban J connectivity index is 3.81. The molecule has 0 bridgehead atoms. The topological polar surface area (TPSA) is 37.3 Å². The first-order valence-electron chi connectivity index (χ1n) is 4.68. The lowest BCUT2D eigenvalue weighted by atomic mass is 10.1. The molecule has 0 aromatic heterocycles. The lowest BCUT2D eigenvalue weighted by Crippen LogP contribution is -2.08. The van der Waals surface area contributed by atoms with Gasteiger partial charge in [0.15, 0.2) is 0 Å². The molecule has 1 N–H and O–H groups in total. The average molecular weight is 228 g/mol. The van der Waals surface area contributed by atoms with E-state index >= 15 is 0 Å². The minimum Gasteiger partial charge on any atom is -0.478 e. The van der Waals surface area contributed by atoms with Crippen molar-refractivity contribution < 1.29 is 27.2 Å². The number of benzene rings is 1. The number of carbonyl (C=O) groups is 1. The Bertz CT molecular complexity index is 502. The molecule has 0 amide bonds. The quantitative estimate of drug-likeness (QED) is 0.801. The van der Waals surface area contributed by atoms with Crippen LogP contribution in [0.2, 0.25) is 5.02 Å². The van der Waals surface area contributed by atoms with Crippen LogP contribution in [0.4, 0.5) is 13.2 Å². The molecule has 2 nitrogen and oxygen atoms in total. The summed E-state index contributed by atoms with van der Waals surface area (Å²) in [4.78, 5) is 10.7. The van der Waals surface area contributed by atoms with Crippen LogP contribution >= 0.6 is 11.6 Å². The summed E-state index contributed by atoms with van der Waals surface area (Å²) in [5, 5.41) is 7.48. The Hall–Kier alpha value is -1.23. The number of carboxylic acid groups (broad SMARTS) is 1. The third-order valence-corrected chi connectivity index (χ3v) is 1.55. The number of alkyl halides is 3. The highest BCUT2D eigenvalue weighted by Gasteiger charge is 2.33. The monoisotopic (exact) mass is 227 g/mol. The molecule has 1 rings (SSSR count). The number of hydrogen-bond acceptors (Lipinski definition) is 1. The molecule has 0 aliphatic carbocycles. The van der Waals surface area contributed by atoms with E-state index in [1.165, 1.54) is 0 Å². The molecule has 0 atom stereocenters. The smallest absolute Gasteiger partial charge is 0.417 e. The van der Waals surface area contributed by atoms with E-state index < -0.39 is 46.4 Å². The maximum Gasteiger partial charge on any atom is 0.417 e. The zero-order valence-electron chi connectivity index (χ0n) is 9.37. The first kappa shape index (κ1) is 7.11. The lowest BCUT2D eigenvalue weighted by molar-refractivity contribution is -0.137. The van der Waals surface area contributed by atoms with Gasteiger partial charge in [0.1, 0.15) is 0 Å². The molecule has 1 aromatic rings. The van der Waals surface area contributed by atoms with Gasteiger partial charge in [0.25, 0.3) is 0 Å². The zero-order valence-corrected chi connectivity index (χ0v) is 7.12. The van der Waals surface area contributed by atoms with Gasteiger partial charge in [-0.25, -0.2) is 4.79 Å². The highest BCUT2D eigenvalue weighted by atomic mass is 35.5. The summed E-state index contributed by atoms with van der Waals surface area (Å²) in [7, 11) is 0. The molecule has 0 spiro atoms. The van der Waals surface area contributed by atoms with Crippen molar-refractivity contribution in [2.75, 3.05) is 0 Å². The molecule has 76 valence electrons. The fraction of sp³-hybridized carbons (Fsp3) is 0.125. The molecule has 6 heteroatoms. The number of carboxylic acids is 1. The normalized spacial score (nSPS) is 14.4. The van der Waals surface area contributed by atoms with E-state index in [-0.39, 0.29) is 0 Å². The Morgan fingerprint density at radius 2 is 2.07 bits per heavy atom. The molecule has 0 saturated carbocycles. The Morgan fingerprint density at radius 3 is 2.50 bits per heavy atom. The minimum atomic E-state index is -5.05. The molecule has 0 heterocycles. The van der Waals surface area contributed by atoms with E-state index in [0.29, 0.717) is 0 Å². The molecule has 14 heavy (non-hydrogen) atoms. The van der Waals surface area contributed by atoms with E-state index in [1.54, 1.807) is 0 Å². The van der Waals surface area contributed by atoms with Crippen molar-refractivity contribution in [2.24, 2.45) is 0 Å². The van der Waals surface area contributed by atoms with Gasteiger partial charge in [0.05, 0.1) is 20.3 Å². The van der Waals surface area contributed by atoms with Crippen molar-refractivity contribution >= 4 is 17.6 Å².